The summed E-state index contributed by atoms with van der Waals surface area (Å²) in [7, 11) is 1.94. The fourth-order valence-electron chi connectivity index (χ4n) is 3.22. The molecule has 1 aromatic heterocycles. The molecule has 3 rings (SSSR count). The molecule has 0 fully saturated rings. The largest absolute Gasteiger partial charge is 0.459 e. The highest BCUT2D eigenvalue weighted by Crippen LogP contribution is 2.16. The monoisotopic (exact) mass is 423 g/mol. The lowest BCUT2D eigenvalue weighted by atomic mass is 10.1. The number of hydrogen-bond acceptors (Lipinski definition) is 5. The summed E-state index contributed by atoms with van der Waals surface area (Å²) in [5.74, 6) is 0.321. The summed E-state index contributed by atoms with van der Waals surface area (Å²) in [4.78, 5) is 29.7. The highest BCUT2D eigenvalue weighted by molar-refractivity contribution is 5.81. The van der Waals surface area contributed by atoms with Gasteiger partial charge in [-0.05, 0) is 44.9 Å². The second kappa shape index (κ2) is 9.64. The minimum atomic E-state index is -0.849. The minimum absolute atomic E-state index is 0.137. The molecule has 0 radical (unpaired) electrons. The van der Waals surface area contributed by atoms with E-state index in [0.717, 1.165) is 22.4 Å². The van der Waals surface area contributed by atoms with E-state index in [9.17, 15) is 9.59 Å². The van der Waals surface area contributed by atoms with Gasteiger partial charge in [0.25, 0.3) is 0 Å². The van der Waals surface area contributed by atoms with Gasteiger partial charge >= 0.3 is 12.1 Å². The fourth-order valence-corrected chi connectivity index (χ4v) is 3.22. The number of benzene rings is 2. The van der Waals surface area contributed by atoms with Crippen molar-refractivity contribution in [3.8, 4) is 0 Å². The molecule has 2 aromatic carbocycles. The summed E-state index contributed by atoms with van der Waals surface area (Å²) in [6, 6.07) is 16.4. The molecule has 7 nitrogen and oxygen atoms in total. The summed E-state index contributed by atoms with van der Waals surface area (Å²) in [6.45, 7) is 5.46. The normalized spacial score (nSPS) is 12.4. The van der Waals surface area contributed by atoms with Crippen LogP contribution in [-0.2, 0) is 34.3 Å². The highest BCUT2D eigenvalue weighted by Gasteiger charge is 2.26. The van der Waals surface area contributed by atoms with E-state index in [1.807, 2.05) is 66.2 Å². The van der Waals surface area contributed by atoms with E-state index in [-0.39, 0.29) is 6.61 Å². The van der Waals surface area contributed by atoms with Crippen molar-refractivity contribution in [1.29, 1.82) is 0 Å². The molecule has 0 aliphatic rings. The number of hydrogen-bond donors (Lipinski definition) is 1. The van der Waals surface area contributed by atoms with Crippen LogP contribution in [-0.4, -0.2) is 33.3 Å². The van der Waals surface area contributed by atoms with E-state index < -0.39 is 23.7 Å². The molecule has 1 amide bonds. The van der Waals surface area contributed by atoms with Crippen LogP contribution in [0.2, 0.25) is 0 Å². The molecule has 31 heavy (non-hydrogen) atoms. The molecule has 0 saturated heterocycles. The Hall–Kier alpha value is -3.35. The van der Waals surface area contributed by atoms with Gasteiger partial charge in [-0.15, -0.1) is 0 Å². The Morgan fingerprint density at radius 2 is 1.74 bits per heavy atom. The number of esters is 1. The Labute approximate surface area is 182 Å². The minimum Gasteiger partial charge on any atom is -0.459 e. The second-order valence-corrected chi connectivity index (χ2v) is 8.41. The van der Waals surface area contributed by atoms with Gasteiger partial charge in [0.05, 0.1) is 11.0 Å². The molecule has 0 saturated carbocycles. The number of alkyl carbamates (subject to hydrolysis) is 1. The maximum atomic E-state index is 12.8. The van der Waals surface area contributed by atoms with E-state index in [1.54, 1.807) is 20.8 Å². The zero-order chi connectivity index (χ0) is 22.4. The topological polar surface area (TPSA) is 82.5 Å². The molecule has 0 bridgehead atoms. The van der Waals surface area contributed by atoms with Gasteiger partial charge < -0.3 is 19.4 Å². The first-order valence-electron chi connectivity index (χ1n) is 10.3. The molecule has 7 heteroatoms. The molecular weight excluding hydrogens is 394 g/mol. The van der Waals surface area contributed by atoms with E-state index in [4.69, 9.17) is 9.47 Å². The van der Waals surface area contributed by atoms with Crippen molar-refractivity contribution in [2.75, 3.05) is 0 Å². The number of aryl methyl sites for hydroxylation is 2. The summed E-state index contributed by atoms with van der Waals surface area (Å²) in [5, 5.41) is 2.66. The molecule has 164 valence electrons. The SMILES string of the molecule is Cn1c(CC[C@H](NC(=O)OC(C)(C)C)C(=O)OCc2ccccc2)nc2ccccc21. The van der Waals surface area contributed by atoms with Crippen molar-refractivity contribution in [3.05, 3.63) is 66.0 Å². The van der Waals surface area contributed by atoms with Crippen LogP contribution in [0, 0.1) is 0 Å². The zero-order valence-electron chi connectivity index (χ0n) is 18.4. The number of fused-ring (bicyclic) bond motifs is 1. The summed E-state index contributed by atoms with van der Waals surface area (Å²) >= 11 is 0. The van der Waals surface area contributed by atoms with Crippen LogP contribution >= 0.6 is 0 Å². The standard InChI is InChI=1S/C24H29N3O4/c1-24(2,3)31-23(29)26-19(22(28)30-16-17-10-6-5-7-11-17)14-15-21-25-18-12-8-9-13-20(18)27(21)4/h5-13,19H,14-16H2,1-4H3,(H,26,29)/t19-/m0/s1. The van der Waals surface area contributed by atoms with Crippen molar-refractivity contribution in [3.63, 3.8) is 0 Å². The number of nitrogens with one attached hydrogen (secondary N) is 1. The van der Waals surface area contributed by atoms with Gasteiger partial charge in [-0.1, -0.05) is 42.5 Å². The predicted molar refractivity (Wildman–Crippen MR) is 118 cm³/mol. The average Bonchev–Trinajstić information content (AvgIpc) is 3.04. The van der Waals surface area contributed by atoms with Gasteiger partial charge in [0.1, 0.15) is 24.1 Å². The Morgan fingerprint density at radius 3 is 2.42 bits per heavy atom. The quantitative estimate of drug-likeness (QED) is 0.578. The molecular formula is C24H29N3O4. The van der Waals surface area contributed by atoms with Crippen LogP contribution in [0.1, 0.15) is 38.6 Å². The van der Waals surface area contributed by atoms with Crippen LogP contribution in [0.4, 0.5) is 4.79 Å². The number of rotatable bonds is 7. The average molecular weight is 424 g/mol. The number of para-hydroxylation sites is 2. The van der Waals surface area contributed by atoms with Crippen LogP contribution in [0.3, 0.4) is 0 Å². The molecule has 1 heterocycles. The van der Waals surface area contributed by atoms with E-state index in [0.29, 0.717) is 12.8 Å². The lowest BCUT2D eigenvalue weighted by Crippen LogP contribution is -2.44. The number of aromatic nitrogens is 2. The molecule has 3 aromatic rings. The Morgan fingerprint density at radius 1 is 1.06 bits per heavy atom. The third-order valence-electron chi connectivity index (χ3n) is 4.74. The lowest BCUT2D eigenvalue weighted by Gasteiger charge is -2.23. The number of carbonyl (C=O) groups excluding carboxylic acids is 2. The van der Waals surface area contributed by atoms with Crippen LogP contribution < -0.4 is 5.32 Å². The van der Waals surface area contributed by atoms with Crippen molar-refractivity contribution in [2.24, 2.45) is 7.05 Å². The maximum absolute atomic E-state index is 12.8. The first-order chi connectivity index (χ1) is 14.7. The number of imidazole rings is 1. The van der Waals surface area contributed by atoms with Crippen LogP contribution in [0.15, 0.2) is 54.6 Å². The number of carbonyl (C=O) groups is 2. The predicted octanol–water partition coefficient (Wildman–Crippen LogP) is 4.14. The van der Waals surface area contributed by atoms with Crippen molar-refractivity contribution in [2.45, 2.75) is 51.9 Å². The molecule has 1 atom stereocenters. The van der Waals surface area contributed by atoms with Crippen molar-refractivity contribution < 1.29 is 19.1 Å². The van der Waals surface area contributed by atoms with Gasteiger partial charge in [0, 0.05) is 13.5 Å². The van der Waals surface area contributed by atoms with Gasteiger partial charge in [-0.2, -0.15) is 0 Å². The van der Waals surface area contributed by atoms with Crippen LogP contribution in [0.25, 0.3) is 11.0 Å². The first-order valence-corrected chi connectivity index (χ1v) is 10.3. The highest BCUT2D eigenvalue weighted by atomic mass is 16.6. The molecule has 0 aliphatic heterocycles. The third-order valence-corrected chi connectivity index (χ3v) is 4.74. The zero-order valence-corrected chi connectivity index (χ0v) is 18.4. The van der Waals surface area contributed by atoms with E-state index in [2.05, 4.69) is 10.3 Å². The Kier molecular flexibility index (Phi) is 6.95. The molecule has 0 unspecified atom stereocenters. The van der Waals surface area contributed by atoms with Crippen LogP contribution in [0.5, 0.6) is 0 Å². The van der Waals surface area contributed by atoms with Gasteiger partial charge in [-0.25, -0.2) is 14.6 Å². The van der Waals surface area contributed by atoms with E-state index >= 15 is 0 Å². The number of amides is 1. The first kappa shape index (κ1) is 22.3. The smallest absolute Gasteiger partial charge is 0.408 e. The summed E-state index contributed by atoms with van der Waals surface area (Å²) in [5.41, 5.74) is 2.12. The van der Waals surface area contributed by atoms with Crippen molar-refractivity contribution >= 4 is 23.1 Å². The third kappa shape index (κ3) is 6.31. The molecule has 1 N–H and O–H groups in total. The number of nitrogens with zero attached hydrogens (tertiary/aromatic N) is 2. The molecule has 0 spiro atoms. The second-order valence-electron chi connectivity index (χ2n) is 8.41. The lowest BCUT2D eigenvalue weighted by molar-refractivity contribution is -0.147. The van der Waals surface area contributed by atoms with Gasteiger partial charge in [0.15, 0.2) is 0 Å². The maximum Gasteiger partial charge on any atom is 0.408 e. The Balaban J connectivity index is 1.70. The van der Waals surface area contributed by atoms with Crippen molar-refractivity contribution in [1.82, 2.24) is 14.9 Å². The molecule has 0 aliphatic carbocycles. The van der Waals surface area contributed by atoms with Gasteiger partial charge in [0.2, 0.25) is 0 Å². The summed E-state index contributed by atoms with van der Waals surface area (Å²) < 4.78 is 12.8. The fraction of sp³-hybridized carbons (Fsp3) is 0.375. The van der Waals surface area contributed by atoms with Gasteiger partial charge in [-0.3, -0.25) is 0 Å². The Bertz CT molecular complexity index is 1040. The van der Waals surface area contributed by atoms with E-state index in [1.165, 1.54) is 0 Å². The number of ether oxygens (including phenoxy) is 2. The summed E-state index contributed by atoms with van der Waals surface area (Å²) in [6.07, 6.45) is 0.176.